The van der Waals surface area contributed by atoms with Crippen LogP contribution in [-0.2, 0) is 4.79 Å². The van der Waals surface area contributed by atoms with Gasteiger partial charge in [-0.05, 0) is 39.2 Å². The predicted molar refractivity (Wildman–Crippen MR) is 68.6 cm³/mol. The Morgan fingerprint density at radius 1 is 1.41 bits per heavy atom. The molecule has 2 fully saturated rings. The van der Waals surface area contributed by atoms with Crippen molar-refractivity contribution in [1.29, 1.82) is 0 Å². The average molecular weight is 239 g/mol. The Labute approximate surface area is 104 Å². The second-order valence-corrected chi connectivity index (χ2v) is 5.85. The van der Waals surface area contributed by atoms with E-state index in [0.717, 1.165) is 38.9 Å². The van der Waals surface area contributed by atoms with Gasteiger partial charge in [0.2, 0.25) is 5.91 Å². The quantitative estimate of drug-likeness (QED) is 0.787. The fourth-order valence-electron chi connectivity index (χ4n) is 2.77. The number of rotatable bonds is 3. The number of amides is 1. The maximum Gasteiger partial charge on any atom is 0.242 e. The molecule has 0 spiro atoms. The van der Waals surface area contributed by atoms with E-state index in [-0.39, 0.29) is 5.91 Å². The summed E-state index contributed by atoms with van der Waals surface area (Å²) in [4.78, 5) is 16.8. The predicted octanol–water partition coefficient (Wildman–Crippen LogP) is 0.666. The summed E-state index contributed by atoms with van der Waals surface area (Å²) in [7, 11) is 2.14. The Balaban J connectivity index is 2.00. The molecule has 1 amide bonds. The number of carbonyl (C=O) groups is 1. The van der Waals surface area contributed by atoms with Gasteiger partial charge >= 0.3 is 0 Å². The highest BCUT2D eigenvalue weighted by Crippen LogP contribution is 2.39. The molecule has 2 N–H and O–H groups in total. The molecule has 0 aromatic carbocycles. The largest absolute Gasteiger partial charge is 0.338 e. The summed E-state index contributed by atoms with van der Waals surface area (Å²) < 4.78 is 0. The number of hydrogen-bond donors (Lipinski definition) is 1. The van der Waals surface area contributed by atoms with Gasteiger partial charge in [0.05, 0.1) is 5.54 Å². The summed E-state index contributed by atoms with van der Waals surface area (Å²) >= 11 is 0. The summed E-state index contributed by atoms with van der Waals surface area (Å²) in [5.41, 5.74) is 5.58. The van der Waals surface area contributed by atoms with Crippen LogP contribution < -0.4 is 5.73 Å². The van der Waals surface area contributed by atoms with E-state index in [9.17, 15) is 4.79 Å². The summed E-state index contributed by atoms with van der Waals surface area (Å²) in [5.74, 6) is 0.571. The molecule has 4 heteroatoms. The van der Waals surface area contributed by atoms with E-state index >= 15 is 0 Å². The van der Waals surface area contributed by atoms with Crippen molar-refractivity contribution >= 4 is 5.91 Å². The van der Waals surface area contributed by atoms with E-state index in [4.69, 9.17) is 5.73 Å². The van der Waals surface area contributed by atoms with Crippen LogP contribution in [-0.4, -0.2) is 54.0 Å². The molecule has 4 nitrogen and oxygen atoms in total. The zero-order chi connectivity index (χ0) is 12.6. The lowest BCUT2D eigenvalue weighted by atomic mass is 9.94. The van der Waals surface area contributed by atoms with E-state index in [1.807, 2.05) is 11.8 Å². The Morgan fingerprint density at radius 3 is 2.59 bits per heavy atom. The Morgan fingerprint density at radius 2 is 2.06 bits per heavy atom. The van der Waals surface area contributed by atoms with Crippen LogP contribution in [0.1, 0.15) is 33.1 Å². The molecule has 17 heavy (non-hydrogen) atoms. The smallest absolute Gasteiger partial charge is 0.242 e. The second kappa shape index (κ2) is 4.58. The third-order valence-corrected chi connectivity index (χ3v) is 4.42. The molecule has 1 saturated heterocycles. The molecule has 2 atom stereocenters. The number of likely N-dealkylation sites (N-methyl/N-ethyl adjacent to an activating group) is 1. The van der Waals surface area contributed by atoms with Crippen LogP contribution in [0.5, 0.6) is 0 Å². The molecule has 1 saturated carbocycles. The van der Waals surface area contributed by atoms with Crippen molar-refractivity contribution in [3.05, 3.63) is 0 Å². The zero-order valence-corrected chi connectivity index (χ0v) is 11.3. The first kappa shape index (κ1) is 12.8. The number of piperazine rings is 1. The highest BCUT2D eigenvalue weighted by molar-refractivity contribution is 5.86. The molecule has 1 aliphatic heterocycles. The van der Waals surface area contributed by atoms with Crippen molar-refractivity contribution in [3.8, 4) is 0 Å². The number of nitrogens with two attached hydrogens (primary N) is 1. The SMILES string of the molecule is CCC1CN(C(=O)C(C)(N)C2CC2)CCN1C. The van der Waals surface area contributed by atoms with Crippen LogP contribution in [0.15, 0.2) is 0 Å². The van der Waals surface area contributed by atoms with E-state index in [0.29, 0.717) is 12.0 Å². The van der Waals surface area contributed by atoms with Gasteiger partial charge in [-0.15, -0.1) is 0 Å². The van der Waals surface area contributed by atoms with Crippen molar-refractivity contribution < 1.29 is 4.79 Å². The lowest BCUT2D eigenvalue weighted by molar-refractivity contribution is -0.140. The van der Waals surface area contributed by atoms with Gasteiger partial charge in [-0.1, -0.05) is 6.92 Å². The minimum absolute atomic E-state index is 0.159. The van der Waals surface area contributed by atoms with Crippen molar-refractivity contribution in [3.63, 3.8) is 0 Å². The lowest BCUT2D eigenvalue weighted by Crippen LogP contribution is -2.61. The first-order valence-corrected chi connectivity index (χ1v) is 6.75. The van der Waals surface area contributed by atoms with Crippen LogP contribution in [0.25, 0.3) is 0 Å². The van der Waals surface area contributed by atoms with Crippen LogP contribution in [0.2, 0.25) is 0 Å². The number of nitrogens with zero attached hydrogens (tertiary/aromatic N) is 2. The Hall–Kier alpha value is -0.610. The van der Waals surface area contributed by atoms with Crippen molar-refractivity contribution in [2.45, 2.75) is 44.7 Å². The summed E-state index contributed by atoms with van der Waals surface area (Å²) in [6, 6.07) is 0.489. The minimum atomic E-state index is -0.631. The third kappa shape index (κ3) is 2.47. The van der Waals surface area contributed by atoms with E-state index in [1.165, 1.54) is 0 Å². The monoisotopic (exact) mass is 239 g/mol. The topological polar surface area (TPSA) is 49.6 Å². The summed E-state index contributed by atoms with van der Waals surface area (Å²) in [5, 5.41) is 0. The molecule has 0 bridgehead atoms. The molecular formula is C13H25N3O. The lowest BCUT2D eigenvalue weighted by Gasteiger charge is -2.42. The fourth-order valence-corrected chi connectivity index (χ4v) is 2.77. The maximum absolute atomic E-state index is 12.5. The first-order chi connectivity index (χ1) is 7.96. The molecule has 0 radical (unpaired) electrons. The molecule has 1 aliphatic carbocycles. The molecule has 1 heterocycles. The number of carbonyl (C=O) groups excluding carboxylic acids is 1. The van der Waals surface area contributed by atoms with E-state index in [1.54, 1.807) is 0 Å². The second-order valence-electron chi connectivity index (χ2n) is 5.85. The van der Waals surface area contributed by atoms with E-state index < -0.39 is 5.54 Å². The Kier molecular flexibility index (Phi) is 3.46. The van der Waals surface area contributed by atoms with Crippen molar-refractivity contribution in [1.82, 2.24) is 9.80 Å². The zero-order valence-electron chi connectivity index (χ0n) is 11.3. The molecule has 2 unspecified atom stereocenters. The molecule has 0 aromatic heterocycles. The molecule has 2 aliphatic rings. The van der Waals surface area contributed by atoms with Crippen molar-refractivity contribution in [2.75, 3.05) is 26.7 Å². The first-order valence-electron chi connectivity index (χ1n) is 6.75. The molecule has 0 aromatic rings. The molecular weight excluding hydrogens is 214 g/mol. The van der Waals surface area contributed by atoms with Gasteiger partial charge in [-0.25, -0.2) is 0 Å². The Bertz CT molecular complexity index is 299. The average Bonchev–Trinajstić information content (AvgIpc) is 3.12. The van der Waals surface area contributed by atoms with Crippen LogP contribution >= 0.6 is 0 Å². The van der Waals surface area contributed by atoms with Gasteiger partial charge in [0, 0.05) is 25.7 Å². The van der Waals surface area contributed by atoms with E-state index in [2.05, 4.69) is 18.9 Å². The standard InChI is InChI=1S/C13H25N3O/c1-4-11-9-16(8-7-15(11)3)12(17)13(2,14)10-5-6-10/h10-11H,4-9,14H2,1-3H3. The van der Waals surface area contributed by atoms with Crippen LogP contribution in [0.4, 0.5) is 0 Å². The summed E-state index contributed by atoms with van der Waals surface area (Å²) in [6.45, 7) is 6.71. The molecule has 98 valence electrons. The van der Waals surface area contributed by atoms with Gasteiger partial charge in [-0.3, -0.25) is 9.69 Å². The van der Waals surface area contributed by atoms with Crippen LogP contribution in [0.3, 0.4) is 0 Å². The van der Waals surface area contributed by atoms with Gasteiger partial charge in [0.1, 0.15) is 0 Å². The van der Waals surface area contributed by atoms with Gasteiger partial charge in [0.15, 0.2) is 0 Å². The van der Waals surface area contributed by atoms with Crippen molar-refractivity contribution in [2.24, 2.45) is 11.7 Å². The minimum Gasteiger partial charge on any atom is -0.338 e. The van der Waals surface area contributed by atoms with Crippen LogP contribution in [0, 0.1) is 5.92 Å². The summed E-state index contributed by atoms with van der Waals surface area (Å²) in [6.07, 6.45) is 3.32. The fraction of sp³-hybridized carbons (Fsp3) is 0.923. The highest BCUT2D eigenvalue weighted by Gasteiger charge is 2.46. The third-order valence-electron chi connectivity index (χ3n) is 4.42. The molecule has 2 rings (SSSR count). The van der Waals surface area contributed by atoms with Gasteiger partial charge in [-0.2, -0.15) is 0 Å². The maximum atomic E-state index is 12.5. The van der Waals surface area contributed by atoms with Gasteiger partial charge < -0.3 is 10.6 Å². The normalized spacial score (nSPS) is 30.1. The highest BCUT2D eigenvalue weighted by atomic mass is 16.2. The number of hydrogen-bond acceptors (Lipinski definition) is 3. The van der Waals surface area contributed by atoms with Gasteiger partial charge in [0.25, 0.3) is 0 Å².